The number of carbonyl (C=O) groups excluding carboxylic acids is 2. The second-order valence-electron chi connectivity index (χ2n) is 7.71. The third kappa shape index (κ3) is 3.95. The average molecular weight is 465 g/mol. The topological polar surface area (TPSA) is 133 Å². The number of amides is 1. The first kappa shape index (κ1) is 21.8. The number of primary amides is 1. The van der Waals surface area contributed by atoms with Crippen LogP contribution in [-0.2, 0) is 4.74 Å². The predicted molar refractivity (Wildman–Crippen MR) is 130 cm³/mol. The van der Waals surface area contributed by atoms with E-state index in [9.17, 15) is 14.4 Å². The third-order valence-electron chi connectivity index (χ3n) is 5.55. The molecule has 3 N–H and O–H groups in total. The summed E-state index contributed by atoms with van der Waals surface area (Å²) in [4.78, 5) is 48.6. The molecule has 172 valence electrons. The van der Waals surface area contributed by atoms with Gasteiger partial charge in [0.25, 0.3) is 5.91 Å². The first-order chi connectivity index (χ1) is 17.0. The van der Waals surface area contributed by atoms with Crippen LogP contribution < -0.4 is 11.4 Å². The van der Waals surface area contributed by atoms with E-state index < -0.39 is 17.6 Å². The van der Waals surface area contributed by atoms with Crippen molar-refractivity contribution < 1.29 is 14.3 Å². The molecule has 0 aliphatic heterocycles. The molecule has 9 heteroatoms. The Morgan fingerprint density at radius 2 is 1.57 bits per heavy atom. The standard InChI is InChI=1S/C26H19N5O4/c1-35-25(33)18-8-5-9-19(14-18)31-24-21(29-26(31)34)20(22(27)32)28-23(30-24)17-12-10-16(11-13-17)15-6-3-2-4-7-15/h2-14H,1H3,(H2,27,32)(H,29,34). The van der Waals surface area contributed by atoms with Crippen molar-refractivity contribution in [3.63, 3.8) is 0 Å². The predicted octanol–water partition coefficient (Wildman–Crippen LogP) is 3.33. The molecule has 0 radical (unpaired) electrons. The van der Waals surface area contributed by atoms with Crippen molar-refractivity contribution in [1.82, 2.24) is 19.5 Å². The lowest BCUT2D eigenvalue weighted by molar-refractivity contribution is 0.0600. The molecule has 5 rings (SSSR count). The fraction of sp³-hybridized carbons (Fsp3) is 0.0385. The van der Waals surface area contributed by atoms with Gasteiger partial charge in [-0.15, -0.1) is 0 Å². The molecular formula is C26H19N5O4. The van der Waals surface area contributed by atoms with E-state index in [2.05, 4.69) is 15.0 Å². The van der Waals surface area contributed by atoms with Gasteiger partial charge in [-0.2, -0.15) is 0 Å². The van der Waals surface area contributed by atoms with Crippen LogP contribution in [0.2, 0.25) is 0 Å². The number of aromatic amines is 1. The average Bonchev–Trinajstić information content (AvgIpc) is 3.23. The van der Waals surface area contributed by atoms with E-state index >= 15 is 0 Å². The molecule has 0 fully saturated rings. The van der Waals surface area contributed by atoms with E-state index in [4.69, 9.17) is 10.5 Å². The number of fused-ring (bicyclic) bond motifs is 1. The Balaban J connectivity index is 1.68. The highest BCUT2D eigenvalue weighted by molar-refractivity contribution is 6.02. The Morgan fingerprint density at radius 1 is 0.886 bits per heavy atom. The van der Waals surface area contributed by atoms with E-state index in [-0.39, 0.29) is 28.2 Å². The molecule has 0 spiro atoms. The highest BCUT2D eigenvalue weighted by Gasteiger charge is 2.21. The van der Waals surface area contributed by atoms with Gasteiger partial charge in [-0.05, 0) is 29.3 Å². The summed E-state index contributed by atoms with van der Waals surface area (Å²) in [6, 6.07) is 23.7. The maximum absolute atomic E-state index is 12.9. The van der Waals surface area contributed by atoms with Gasteiger partial charge in [-0.1, -0.05) is 60.7 Å². The van der Waals surface area contributed by atoms with Crippen molar-refractivity contribution in [2.45, 2.75) is 0 Å². The van der Waals surface area contributed by atoms with Gasteiger partial charge >= 0.3 is 11.7 Å². The fourth-order valence-corrected chi connectivity index (χ4v) is 3.86. The van der Waals surface area contributed by atoms with Crippen molar-refractivity contribution in [1.29, 1.82) is 0 Å². The van der Waals surface area contributed by atoms with Gasteiger partial charge in [-0.3, -0.25) is 4.79 Å². The molecule has 1 amide bonds. The summed E-state index contributed by atoms with van der Waals surface area (Å²) in [6.07, 6.45) is 0. The van der Waals surface area contributed by atoms with E-state index in [1.54, 1.807) is 18.2 Å². The van der Waals surface area contributed by atoms with Crippen LogP contribution in [-0.4, -0.2) is 38.5 Å². The summed E-state index contributed by atoms with van der Waals surface area (Å²) in [5.41, 5.74) is 8.49. The molecule has 3 aromatic carbocycles. The number of carbonyl (C=O) groups is 2. The molecule has 0 unspecified atom stereocenters. The first-order valence-corrected chi connectivity index (χ1v) is 10.6. The smallest absolute Gasteiger partial charge is 0.337 e. The molecule has 0 saturated carbocycles. The summed E-state index contributed by atoms with van der Waals surface area (Å²) in [5, 5.41) is 0. The number of esters is 1. The Bertz CT molecular complexity index is 1640. The molecule has 2 heterocycles. The number of aromatic nitrogens is 4. The molecule has 0 atom stereocenters. The Kier molecular flexibility index (Phi) is 5.42. The molecule has 35 heavy (non-hydrogen) atoms. The SMILES string of the molecule is COC(=O)c1cccc(-n2c(=O)[nH]c3c(C(N)=O)nc(-c4ccc(-c5ccccc5)cc4)nc32)c1. The number of nitrogens with zero attached hydrogens (tertiary/aromatic N) is 3. The molecule has 0 aliphatic carbocycles. The van der Waals surface area contributed by atoms with Crippen LogP contribution in [0.15, 0.2) is 83.7 Å². The zero-order valence-corrected chi connectivity index (χ0v) is 18.6. The van der Waals surface area contributed by atoms with Crippen molar-refractivity contribution in [2.75, 3.05) is 7.11 Å². The van der Waals surface area contributed by atoms with Crippen LogP contribution in [0.1, 0.15) is 20.8 Å². The van der Waals surface area contributed by atoms with Gasteiger partial charge in [0.2, 0.25) is 0 Å². The number of rotatable bonds is 5. The molecule has 0 saturated heterocycles. The summed E-state index contributed by atoms with van der Waals surface area (Å²) in [6.45, 7) is 0. The highest BCUT2D eigenvalue weighted by Crippen LogP contribution is 2.25. The molecular weight excluding hydrogens is 446 g/mol. The normalized spacial score (nSPS) is 10.9. The van der Waals surface area contributed by atoms with Crippen molar-refractivity contribution in [3.8, 4) is 28.2 Å². The van der Waals surface area contributed by atoms with Gasteiger partial charge in [0, 0.05) is 5.56 Å². The minimum Gasteiger partial charge on any atom is -0.465 e. The molecule has 2 aromatic heterocycles. The van der Waals surface area contributed by atoms with Crippen LogP contribution in [0.5, 0.6) is 0 Å². The van der Waals surface area contributed by atoms with Gasteiger partial charge < -0.3 is 15.5 Å². The number of methoxy groups -OCH3 is 1. The van der Waals surface area contributed by atoms with E-state index in [1.165, 1.54) is 17.7 Å². The monoisotopic (exact) mass is 465 g/mol. The van der Waals surface area contributed by atoms with Gasteiger partial charge in [-0.25, -0.2) is 24.1 Å². The highest BCUT2D eigenvalue weighted by atomic mass is 16.5. The maximum atomic E-state index is 12.9. The number of nitrogens with one attached hydrogen (secondary N) is 1. The number of imidazole rings is 1. The lowest BCUT2D eigenvalue weighted by atomic mass is 10.0. The van der Waals surface area contributed by atoms with Gasteiger partial charge in [0.1, 0.15) is 5.52 Å². The minimum absolute atomic E-state index is 0.107. The van der Waals surface area contributed by atoms with Crippen LogP contribution in [0.25, 0.3) is 39.4 Å². The second kappa shape index (κ2) is 8.71. The van der Waals surface area contributed by atoms with E-state index in [1.807, 2.05) is 54.6 Å². The number of benzene rings is 3. The quantitative estimate of drug-likeness (QED) is 0.383. The summed E-state index contributed by atoms with van der Waals surface area (Å²) in [7, 11) is 1.27. The maximum Gasteiger partial charge on any atom is 0.337 e. The zero-order valence-electron chi connectivity index (χ0n) is 18.6. The second-order valence-corrected chi connectivity index (χ2v) is 7.71. The van der Waals surface area contributed by atoms with Crippen LogP contribution in [0.4, 0.5) is 0 Å². The van der Waals surface area contributed by atoms with Crippen molar-refractivity contribution in [2.24, 2.45) is 5.73 Å². The Hall–Kier alpha value is -5.05. The molecule has 9 nitrogen and oxygen atoms in total. The van der Waals surface area contributed by atoms with Crippen LogP contribution in [0, 0.1) is 0 Å². The molecule has 0 bridgehead atoms. The van der Waals surface area contributed by atoms with Crippen molar-refractivity contribution >= 4 is 23.0 Å². The van der Waals surface area contributed by atoms with Gasteiger partial charge in [0.05, 0.1) is 18.4 Å². The largest absolute Gasteiger partial charge is 0.465 e. The number of hydrogen-bond acceptors (Lipinski definition) is 6. The summed E-state index contributed by atoms with van der Waals surface area (Å²) in [5.74, 6) is -1.13. The molecule has 5 aromatic rings. The van der Waals surface area contributed by atoms with Crippen molar-refractivity contribution in [3.05, 3.63) is 101 Å². The number of hydrogen-bond donors (Lipinski definition) is 2. The first-order valence-electron chi connectivity index (χ1n) is 10.6. The lowest BCUT2D eigenvalue weighted by Gasteiger charge is -2.08. The fourth-order valence-electron chi connectivity index (χ4n) is 3.86. The van der Waals surface area contributed by atoms with Gasteiger partial charge in [0.15, 0.2) is 17.2 Å². The zero-order chi connectivity index (χ0) is 24.5. The summed E-state index contributed by atoms with van der Waals surface area (Å²) >= 11 is 0. The lowest BCUT2D eigenvalue weighted by Crippen LogP contribution is -2.16. The van der Waals surface area contributed by atoms with E-state index in [0.29, 0.717) is 11.3 Å². The number of ether oxygens (including phenoxy) is 1. The number of nitrogens with two attached hydrogens (primary N) is 1. The number of H-pyrrole nitrogens is 1. The third-order valence-corrected chi connectivity index (χ3v) is 5.55. The summed E-state index contributed by atoms with van der Waals surface area (Å²) < 4.78 is 6.04. The Labute approximate surface area is 198 Å². The van der Waals surface area contributed by atoms with Crippen LogP contribution in [0.3, 0.4) is 0 Å². The molecule has 0 aliphatic rings. The Morgan fingerprint density at radius 3 is 2.26 bits per heavy atom. The van der Waals surface area contributed by atoms with E-state index in [0.717, 1.165) is 11.1 Å². The van der Waals surface area contributed by atoms with Crippen LogP contribution >= 0.6 is 0 Å². The minimum atomic E-state index is -0.809.